The highest BCUT2D eigenvalue weighted by Gasteiger charge is 2.09. The predicted octanol–water partition coefficient (Wildman–Crippen LogP) is 3.67. The van der Waals surface area contributed by atoms with E-state index < -0.39 is 0 Å². The first-order chi connectivity index (χ1) is 12.1. The standard InChI is InChI=1S/C20H20N4O/c1-15-7-6-10-17(13-15)20(25)21-18-11-12-19(23-22-18)24(2)14-16-8-4-3-5-9-16/h3-13H,14H2,1-2H3,(H,21,22,25). The highest BCUT2D eigenvalue weighted by molar-refractivity contribution is 6.03. The summed E-state index contributed by atoms with van der Waals surface area (Å²) in [4.78, 5) is 14.2. The molecule has 25 heavy (non-hydrogen) atoms. The Balaban J connectivity index is 1.64. The summed E-state index contributed by atoms with van der Waals surface area (Å²) in [7, 11) is 1.96. The fraction of sp³-hybridized carbons (Fsp3) is 0.150. The zero-order valence-corrected chi connectivity index (χ0v) is 14.3. The van der Waals surface area contributed by atoms with Gasteiger partial charge in [-0.2, -0.15) is 0 Å². The Bertz CT molecular complexity index is 847. The maximum Gasteiger partial charge on any atom is 0.256 e. The van der Waals surface area contributed by atoms with Gasteiger partial charge in [0.25, 0.3) is 5.91 Å². The first kappa shape index (κ1) is 16.6. The molecule has 0 aliphatic rings. The summed E-state index contributed by atoms with van der Waals surface area (Å²) >= 11 is 0. The van der Waals surface area contributed by atoms with Crippen LogP contribution in [0.3, 0.4) is 0 Å². The lowest BCUT2D eigenvalue weighted by atomic mass is 10.1. The molecule has 2 aromatic carbocycles. The van der Waals surface area contributed by atoms with Gasteiger partial charge in [0.1, 0.15) is 0 Å². The third kappa shape index (κ3) is 4.41. The molecule has 0 fully saturated rings. The van der Waals surface area contributed by atoms with Crippen LogP contribution in [0.4, 0.5) is 11.6 Å². The number of carbonyl (C=O) groups excluding carboxylic acids is 1. The number of hydrogen-bond donors (Lipinski definition) is 1. The van der Waals surface area contributed by atoms with Gasteiger partial charge in [0.15, 0.2) is 11.6 Å². The molecule has 1 amide bonds. The molecule has 0 atom stereocenters. The Labute approximate surface area is 147 Å². The average molecular weight is 332 g/mol. The summed E-state index contributed by atoms with van der Waals surface area (Å²) in [5.74, 6) is 0.990. The smallest absolute Gasteiger partial charge is 0.256 e. The molecule has 0 unspecified atom stereocenters. The van der Waals surface area contributed by atoms with Crippen LogP contribution in [-0.2, 0) is 6.54 Å². The monoisotopic (exact) mass is 332 g/mol. The van der Waals surface area contributed by atoms with Gasteiger partial charge in [0, 0.05) is 19.2 Å². The summed E-state index contributed by atoms with van der Waals surface area (Å²) in [5, 5.41) is 11.1. The van der Waals surface area contributed by atoms with Gasteiger partial charge in [0.05, 0.1) is 0 Å². The third-order valence-electron chi connectivity index (χ3n) is 3.83. The lowest BCUT2D eigenvalue weighted by Crippen LogP contribution is -2.19. The zero-order valence-electron chi connectivity index (χ0n) is 14.3. The van der Waals surface area contributed by atoms with E-state index in [9.17, 15) is 4.79 Å². The van der Waals surface area contributed by atoms with Crippen molar-refractivity contribution in [1.29, 1.82) is 0 Å². The van der Waals surface area contributed by atoms with E-state index >= 15 is 0 Å². The van der Waals surface area contributed by atoms with Crippen molar-refractivity contribution in [3.05, 3.63) is 83.4 Å². The second-order valence-electron chi connectivity index (χ2n) is 5.94. The molecule has 5 heteroatoms. The summed E-state index contributed by atoms with van der Waals surface area (Å²) < 4.78 is 0. The van der Waals surface area contributed by atoms with Crippen LogP contribution in [0.2, 0.25) is 0 Å². The van der Waals surface area contributed by atoms with E-state index in [-0.39, 0.29) is 5.91 Å². The van der Waals surface area contributed by atoms with Gasteiger partial charge >= 0.3 is 0 Å². The number of nitrogens with zero attached hydrogens (tertiary/aromatic N) is 3. The fourth-order valence-electron chi connectivity index (χ4n) is 2.51. The summed E-state index contributed by atoms with van der Waals surface area (Å²) in [5.41, 5.74) is 2.84. The first-order valence-corrected chi connectivity index (χ1v) is 8.08. The lowest BCUT2D eigenvalue weighted by Gasteiger charge is -2.17. The number of anilines is 2. The Morgan fingerprint density at radius 1 is 1.00 bits per heavy atom. The van der Waals surface area contributed by atoms with E-state index in [1.54, 1.807) is 12.1 Å². The van der Waals surface area contributed by atoms with Crippen molar-refractivity contribution in [2.24, 2.45) is 0 Å². The highest BCUT2D eigenvalue weighted by Crippen LogP contribution is 2.14. The molecule has 1 aromatic heterocycles. The number of nitrogens with one attached hydrogen (secondary N) is 1. The molecule has 0 aliphatic heterocycles. The van der Waals surface area contributed by atoms with Gasteiger partial charge in [-0.25, -0.2) is 0 Å². The van der Waals surface area contributed by atoms with Crippen LogP contribution in [0.25, 0.3) is 0 Å². The Morgan fingerprint density at radius 2 is 1.80 bits per heavy atom. The maximum absolute atomic E-state index is 12.2. The van der Waals surface area contributed by atoms with E-state index in [0.29, 0.717) is 11.4 Å². The number of rotatable bonds is 5. The van der Waals surface area contributed by atoms with E-state index in [0.717, 1.165) is 17.9 Å². The van der Waals surface area contributed by atoms with Crippen LogP contribution < -0.4 is 10.2 Å². The molecule has 1 N–H and O–H groups in total. The van der Waals surface area contributed by atoms with Crippen molar-refractivity contribution in [3.8, 4) is 0 Å². The van der Waals surface area contributed by atoms with Crippen LogP contribution in [0, 0.1) is 6.92 Å². The van der Waals surface area contributed by atoms with Crippen LogP contribution >= 0.6 is 0 Å². The molecular weight excluding hydrogens is 312 g/mol. The number of benzene rings is 2. The molecule has 0 radical (unpaired) electrons. The second-order valence-corrected chi connectivity index (χ2v) is 5.94. The van der Waals surface area contributed by atoms with Gasteiger partial charge in [-0.05, 0) is 36.8 Å². The number of aryl methyl sites for hydroxylation is 1. The van der Waals surface area contributed by atoms with Gasteiger partial charge in [-0.1, -0.05) is 48.0 Å². The maximum atomic E-state index is 12.2. The Kier molecular flexibility index (Phi) is 5.04. The van der Waals surface area contributed by atoms with Crippen LogP contribution in [0.15, 0.2) is 66.7 Å². The van der Waals surface area contributed by atoms with Crippen molar-refractivity contribution in [2.45, 2.75) is 13.5 Å². The summed E-state index contributed by atoms with van der Waals surface area (Å²) in [6, 6.07) is 21.2. The van der Waals surface area contributed by atoms with Crippen molar-refractivity contribution in [2.75, 3.05) is 17.3 Å². The van der Waals surface area contributed by atoms with E-state index in [1.165, 1.54) is 5.56 Å². The Hall–Kier alpha value is -3.21. The van der Waals surface area contributed by atoms with Gasteiger partial charge in [0.2, 0.25) is 0 Å². The third-order valence-corrected chi connectivity index (χ3v) is 3.83. The van der Waals surface area contributed by atoms with Crippen molar-refractivity contribution >= 4 is 17.5 Å². The molecule has 0 spiro atoms. The second kappa shape index (κ2) is 7.57. The van der Waals surface area contributed by atoms with Gasteiger partial charge in [-0.3, -0.25) is 4.79 Å². The van der Waals surface area contributed by atoms with Crippen molar-refractivity contribution < 1.29 is 4.79 Å². The predicted molar refractivity (Wildman–Crippen MR) is 99.7 cm³/mol. The van der Waals surface area contributed by atoms with Crippen molar-refractivity contribution in [1.82, 2.24) is 10.2 Å². The molecule has 5 nitrogen and oxygen atoms in total. The number of hydrogen-bond acceptors (Lipinski definition) is 4. The minimum Gasteiger partial charge on any atom is -0.354 e. The molecule has 126 valence electrons. The fourth-order valence-corrected chi connectivity index (χ4v) is 2.51. The van der Waals surface area contributed by atoms with Crippen LogP contribution in [-0.4, -0.2) is 23.2 Å². The highest BCUT2D eigenvalue weighted by atomic mass is 16.1. The number of aromatic nitrogens is 2. The molecule has 3 rings (SSSR count). The summed E-state index contributed by atoms with van der Waals surface area (Å²) in [6.45, 7) is 2.69. The molecule has 0 aliphatic carbocycles. The largest absolute Gasteiger partial charge is 0.354 e. The lowest BCUT2D eigenvalue weighted by molar-refractivity contribution is 0.102. The van der Waals surface area contributed by atoms with Crippen LogP contribution in [0.1, 0.15) is 21.5 Å². The van der Waals surface area contributed by atoms with Gasteiger partial charge < -0.3 is 10.2 Å². The zero-order chi connectivity index (χ0) is 17.6. The topological polar surface area (TPSA) is 58.1 Å². The quantitative estimate of drug-likeness (QED) is 0.774. The molecule has 3 aromatic rings. The summed E-state index contributed by atoms with van der Waals surface area (Å²) in [6.07, 6.45) is 0. The SMILES string of the molecule is Cc1cccc(C(=O)Nc2ccc(N(C)Cc3ccccc3)nn2)c1. The number of carbonyl (C=O) groups is 1. The minimum atomic E-state index is -0.191. The van der Waals surface area contributed by atoms with E-state index in [4.69, 9.17) is 0 Å². The van der Waals surface area contributed by atoms with E-state index in [1.807, 2.05) is 61.3 Å². The Morgan fingerprint density at radius 3 is 2.48 bits per heavy atom. The minimum absolute atomic E-state index is 0.191. The molecule has 0 bridgehead atoms. The average Bonchev–Trinajstić information content (AvgIpc) is 2.63. The first-order valence-electron chi connectivity index (χ1n) is 8.08. The van der Waals surface area contributed by atoms with Gasteiger partial charge in [-0.15, -0.1) is 10.2 Å². The molecule has 1 heterocycles. The van der Waals surface area contributed by atoms with Crippen LogP contribution in [0.5, 0.6) is 0 Å². The van der Waals surface area contributed by atoms with E-state index in [2.05, 4.69) is 27.6 Å². The molecular formula is C20H20N4O. The number of amides is 1. The normalized spacial score (nSPS) is 10.3. The molecule has 0 saturated carbocycles. The molecule has 0 saturated heterocycles. The van der Waals surface area contributed by atoms with Crippen molar-refractivity contribution in [3.63, 3.8) is 0 Å².